The highest BCUT2D eigenvalue weighted by Gasteiger charge is 2.54. The highest BCUT2D eigenvalue weighted by molar-refractivity contribution is 5.85. The first-order valence-electron chi connectivity index (χ1n) is 9.15. The predicted molar refractivity (Wildman–Crippen MR) is 92.7 cm³/mol. The molecule has 1 atom stereocenters. The minimum atomic E-state index is -0.0350. The van der Waals surface area contributed by atoms with Crippen molar-refractivity contribution in [2.45, 2.75) is 56.9 Å². The van der Waals surface area contributed by atoms with E-state index in [0.717, 1.165) is 56.5 Å². The summed E-state index contributed by atoms with van der Waals surface area (Å²) < 4.78 is 5.40. The molecule has 5 fully saturated rings. The maximum atomic E-state index is 13.0. The average Bonchev–Trinajstić information content (AvgIpc) is 2.93. The Morgan fingerprint density at radius 2 is 1.78 bits per heavy atom. The lowest BCUT2D eigenvalue weighted by molar-refractivity contribution is -0.146. The van der Waals surface area contributed by atoms with Gasteiger partial charge in [0.05, 0.1) is 12.1 Å². The molecule has 4 nitrogen and oxygen atoms in total. The van der Waals surface area contributed by atoms with E-state index in [1.54, 1.807) is 7.11 Å². The Morgan fingerprint density at radius 1 is 1.17 bits per heavy atom. The zero-order chi connectivity index (χ0) is 15.2. The van der Waals surface area contributed by atoms with Gasteiger partial charge in [0.2, 0.25) is 5.91 Å². The fourth-order valence-electron chi connectivity index (χ4n) is 6.30. The average molecular weight is 343 g/mol. The number of hydrogen-bond acceptors (Lipinski definition) is 3. The molecule has 1 amide bonds. The van der Waals surface area contributed by atoms with Crippen molar-refractivity contribution in [3.8, 4) is 0 Å². The zero-order valence-electron chi connectivity index (χ0n) is 14.2. The Labute approximate surface area is 145 Å². The normalized spacial score (nSPS) is 44.1. The third-order valence-corrected chi connectivity index (χ3v) is 6.86. The Morgan fingerprint density at radius 3 is 2.26 bits per heavy atom. The highest BCUT2D eigenvalue weighted by atomic mass is 35.5. The van der Waals surface area contributed by atoms with Crippen molar-refractivity contribution < 1.29 is 9.53 Å². The van der Waals surface area contributed by atoms with E-state index in [0.29, 0.717) is 12.5 Å². The van der Waals surface area contributed by atoms with E-state index < -0.39 is 0 Å². The molecule has 1 aliphatic heterocycles. The molecule has 5 aliphatic rings. The summed E-state index contributed by atoms with van der Waals surface area (Å²) in [7, 11) is 1.75. The molecule has 2 N–H and O–H groups in total. The van der Waals surface area contributed by atoms with Crippen molar-refractivity contribution in [3.05, 3.63) is 0 Å². The standard InChI is InChI=1S/C18H30N2O2.ClH/c1-22-12-18(3-2-4-20-18)11-19-16(21)17-8-13-5-14(9-17)7-15(6-13)10-17;/h13-15,20H,2-12H2,1H3,(H,19,21);1H. The summed E-state index contributed by atoms with van der Waals surface area (Å²) in [5.41, 5.74) is -0.0612. The molecule has 5 heteroatoms. The molecule has 1 heterocycles. The maximum Gasteiger partial charge on any atom is 0.226 e. The molecule has 1 unspecified atom stereocenters. The first-order valence-corrected chi connectivity index (χ1v) is 9.15. The molecule has 1 saturated heterocycles. The molecular formula is C18H31ClN2O2. The maximum absolute atomic E-state index is 13.0. The summed E-state index contributed by atoms with van der Waals surface area (Å²) in [5.74, 6) is 2.83. The monoisotopic (exact) mass is 342 g/mol. The van der Waals surface area contributed by atoms with Gasteiger partial charge in [0, 0.05) is 19.1 Å². The summed E-state index contributed by atoms with van der Waals surface area (Å²) in [5, 5.41) is 6.89. The van der Waals surface area contributed by atoms with Crippen molar-refractivity contribution in [2.24, 2.45) is 23.2 Å². The first kappa shape index (κ1) is 17.5. The molecule has 0 radical (unpaired) electrons. The van der Waals surface area contributed by atoms with Crippen LogP contribution >= 0.6 is 12.4 Å². The van der Waals surface area contributed by atoms with E-state index in [2.05, 4.69) is 10.6 Å². The molecule has 4 bridgehead atoms. The van der Waals surface area contributed by atoms with E-state index >= 15 is 0 Å². The summed E-state index contributed by atoms with van der Waals surface area (Å²) in [4.78, 5) is 13.0. The molecule has 4 aliphatic carbocycles. The van der Waals surface area contributed by atoms with Crippen LogP contribution in [0.25, 0.3) is 0 Å². The van der Waals surface area contributed by atoms with Gasteiger partial charge >= 0.3 is 0 Å². The lowest BCUT2D eigenvalue weighted by Crippen LogP contribution is -2.58. The number of rotatable bonds is 5. The number of hydrogen-bond donors (Lipinski definition) is 2. The largest absolute Gasteiger partial charge is 0.383 e. The summed E-state index contributed by atoms with van der Waals surface area (Å²) in [6.07, 6.45) is 9.89. The molecule has 132 valence electrons. The first-order chi connectivity index (χ1) is 10.6. The van der Waals surface area contributed by atoms with Crippen molar-refractivity contribution in [2.75, 3.05) is 26.8 Å². The number of carbonyl (C=O) groups is 1. The SMILES string of the molecule is COCC1(CNC(=O)C23CC4CC(CC(C4)C2)C3)CCCN1.Cl. The zero-order valence-corrected chi connectivity index (χ0v) is 15.1. The minimum Gasteiger partial charge on any atom is -0.383 e. The minimum absolute atomic E-state index is 0. The molecule has 23 heavy (non-hydrogen) atoms. The molecule has 4 saturated carbocycles. The number of halogens is 1. The van der Waals surface area contributed by atoms with E-state index in [-0.39, 0.29) is 23.4 Å². The van der Waals surface area contributed by atoms with Crippen molar-refractivity contribution >= 4 is 18.3 Å². The van der Waals surface area contributed by atoms with Crippen LogP contribution in [0.5, 0.6) is 0 Å². The molecule has 0 aromatic rings. The fourth-order valence-corrected chi connectivity index (χ4v) is 6.30. The molecule has 0 aromatic carbocycles. The Balaban J connectivity index is 0.00000156. The third kappa shape index (κ3) is 3.14. The van der Waals surface area contributed by atoms with Crippen LogP contribution in [-0.2, 0) is 9.53 Å². The highest BCUT2D eigenvalue weighted by Crippen LogP contribution is 2.60. The Bertz CT molecular complexity index is 413. The number of methoxy groups -OCH3 is 1. The quantitative estimate of drug-likeness (QED) is 0.807. The summed E-state index contributed by atoms with van der Waals surface area (Å²) >= 11 is 0. The van der Waals surface area contributed by atoms with Gasteiger partial charge in [-0.15, -0.1) is 12.4 Å². The van der Waals surface area contributed by atoms with Gasteiger partial charge in [0.1, 0.15) is 0 Å². The molecular weight excluding hydrogens is 312 g/mol. The van der Waals surface area contributed by atoms with Gasteiger partial charge in [-0.05, 0) is 75.7 Å². The van der Waals surface area contributed by atoms with Crippen LogP contribution in [0.2, 0.25) is 0 Å². The van der Waals surface area contributed by atoms with Crippen LogP contribution in [0.1, 0.15) is 51.4 Å². The summed E-state index contributed by atoms with van der Waals surface area (Å²) in [6, 6.07) is 0. The van der Waals surface area contributed by atoms with Gasteiger partial charge in [-0.3, -0.25) is 4.79 Å². The smallest absolute Gasteiger partial charge is 0.226 e. The number of amides is 1. The van der Waals surface area contributed by atoms with Crippen molar-refractivity contribution in [1.82, 2.24) is 10.6 Å². The van der Waals surface area contributed by atoms with Gasteiger partial charge in [0.15, 0.2) is 0 Å². The fraction of sp³-hybridized carbons (Fsp3) is 0.944. The lowest BCUT2D eigenvalue weighted by Gasteiger charge is -2.55. The number of carbonyl (C=O) groups excluding carboxylic acids is 1. The number of ether oxygens (including phenoxy) is 1. The second kappa shape index (κ2) is 6.53. The van der Waals surface area contributed by atoms with Crippen LogP contribution in [-0.4, -0.2) is 38.3 Å². The topological polar surface area (TPSA) is 50.4 Å². The van der Waals surface area contributed by atoms with Gasteiger partial charge in [-0.1, -0.05) is 0 Å². The van der Waals surface area contributed by atoms with Crippen LogP contribution in [0.15, 0.2) is 0 Å². The van der Waals surface area contributed by atoms with Gasteiger partial charge in [0.25, 0.3) is 0 Å². The lowest BCUT2D eigenvalue weighted by atomic mass is 9.49. The van der Waals surface area contributed by atoms with E-state index in [4.69, 9.17) is 4.74 Å². The van der Waals surface area contributed by atoms with E-state index in [1.807, 2.05) is 0 Å². The Kier molecular flexibility index (Phi) is 4.97. The van der Waals surface area contributed by atoms with Crippen LogP contribution in [0, 0.1) is 23.2 Å². The van der Waals surface area contributed by atoms with Gasteiger partial charge in [-0.2, -0.15) is 0 Å². The molecule has 0 aromatic heterocycles. The van der Waals surface area contributed by atoms with Crippen LogP contribution in [0.4, 0.5) is 0 Å². The predicted octanol–water partition coefficient (Wildman–Crippen LogP) is 2.51. The van der Waals surface area contributed by atoms with Crippen LogP contribution in [0.3, 0.4) is 0 Å². The van der Waals surface area contributed by atoms with E-state index in [1.165, 1.54) is 25.7 Å². The summed E-state index contributed by atoms with van der Waals surface area (Å²) in [6.45, 7) is 2.45. The van der Waals surface area contributed by atoms with Crippen molar-refractivity contribution in [1.29, 1.82) is 0 Å². The second-order valence-electron chi connectivity index (χ2n) is 8.62. The molecule has 0 spiro atoms. The van der Waals surface area contributed by atoms with Gasteiger partial charge < -0.3 is 15.4 Å². The van der Waals surface area contributed by atoms with E-state index in [9.17, 15) is 4.79 Å². The van der Waals surface area contributed by atoms with Crippen LogP contribution < -0.4 is 10.6 Å². The Hall–Kier alpha value is -0.320. The van der Waals surface area contributed by atoms with Gasteiger partial charge in [-0.25, -0.2) is 0 Å². The molecule has 5 rings (SSSR count). The number of nitrogens with one attached hydrogen (secondary N) is 2. The third-order valence-electron chi connectivity index (χ3n) is 6.86. The second-order valence-corrected chi connectivity index (χ2v) is 8.62. The van der Waals surface area contributed by atoms with Crippen molar-refractivity contribution in [3.63, 3.8) is 0 Å².